The lowest BCUT2D eigenvalue weighted by Gasteiger charge is -2.09. The summed E-state index contributed by atoms with van der Waals surface area (Å²) >= 11 is 0. The number of rotatable bonds is 2. The molecule has 0 atom stereocenters. The summed E-state index contributed by atoms with van der Waals surface area (Å²) in [5.74, 6) is -2.08. The van der Waals surface area contributed by atoms with E-state index in [4.69, 9.17) is 5.73 Å². The van der Waals surface area contributed by atoms with E-state index >= 15 is 0 Å². The molecule has 4 heteroatoms. The van der Waals surface area contributed by atoms with Gasteiger partial charge in [-0.3, -0.25) is 4.79 Å². The number of hydrogen-bond acceptors (Lipinski definition) is 2. The van der Waals surface area contributed by atoms with Crippen molar-refractivity contribution < 1.29 is 13.6 Å². The summed E-state index contributed by atoms with van der Waals surface area (Å²) in [6.07, 6.45) is 0. The van der Waals surface area contributed by atoms with Crippen LogP contribution in [0, 0.1) is 25.5 Å². The molecule has 2 rings (SSSR count). The zero-order valence-electron chi connectivity index (χ0n) is 10.6. The summed E-state index contributed by atoms with van der Waals surface area (Å²) in [4.78, 5) is 12.2. The molecule has 2 aromatic rings. The maximum absolute atomic E-state index is 13.6. The van der Waals surface area contributed by atoms with Crippen molar-refractivity contribution >= 4 is 11.5 Å². The maximum atomic E-state index is 13.6. The van der Waals surface area contributed by atoms with E-state index in [1.165, 1.54) is 6.07 Å². The lowest BCUT2D eigenvalue weighted by atomic mass is 9.96. The number of benzene rings is 2. The number of halogens is 2. The molecule has 0 aliphatic heterocycles. The molecule has 0 aromatic heterocycles. The summed E-state index contributed by atoms with van der Waals surface area (Å²) < 4.78 is 26.4. The van der Waals surface area contributed by atoms with E-state index in [1.54, 1.807) is 13.0 Å². The van der Waals surface area contributed by atoms with Crippen LogP contribution in [0.2, 0.25) is 0 Å². The Labute approximate surface area is 109 Å². The van der Waals surface area contributed by atoms with Gasteiger partial charge in [0.05, 0.1) is 5.56 Å². The number of ketones is 1. The van der Waals surface area contributed by atoms with Crippen molar-refractivity contribution in [2.45, 2.75) is 13.8 Å². The summed E-state index contributed by atoms with van der Waals surface area (Å²) in [6.45, 7) is 3.58. The normalized spacial score (nSPS) is 10.5. The topological polar surface area (TPSA) is 43.1 Å². The summed E-state index contributed by atoms with van der Waals surface area (Å²) in [5, 5.41) is 0. The first-order valence-corrected chi connectivity index (χ1v) is 5.76. The predicted octanol–water partition coefficient (Wildman–Crippen LogP) is 3.39. The minimum atomic E-state index is -0.872. The number of nitrogen functional groups attached to an aromatic ring is 1. The molecule has 0 saturated heterocycles. The molecule has 0 saturated carbocycles. The molecule has 2 N–H and O–H groups in total. The average molecular weight is 261 g/mol. The highest BCUT2D eigenvalue weighted by Gasteiger charge is 2.17. The predicted molar refractivity (Wildman–Crippen MR) is 70.1 cm³/mol. The van der Waals surface area contributed by atoms with Crippen LogP contribution in [-0.2, 0) is 0 Å². The Morgan fingerprint density at radius 1 is 1.00 bits per heavy atom. The van der Waals surface area contributed by atoms with E-state index in [9.17, 15) is 13.6 Å². The van der Waals surface area contributed by atoms with Gasteiger partial charge in [-0.25, -0.2) is 8.78 Å². The molecule has 0 heterocycles. The van der Waals surface area contributed by atoms with Crippen molar-refractivity contribution in [1.29, 1.82) is 0 Å². The van der Waals surface area contributed by atoms with Crippen LogP contribution in [0.1, 0.15) is 27.0 Å². The third-order valence-corrected chi connectivity index (χ3v) is 3.03. The van der Waals surface area contributed by atoms with Crippen molar-refractivity contribution in [3.8, 4) is 0 Å². The van der Waals surface area contributed by atoms with Crippen molar-refractivity contribution in [2.75, 3.05) is 5.73 Å². The maximum Gasteiger partial charge on any atom is 0.196 e. The van der Waals surface area contributed by atoms with E-state index in [1.807, 2.05) is 6.92 Å². The molecule has 0 aliphatic carbocycles. The van der Waals surface area contributed by atoms with Gasteiger partial charge in [0.2, 0.25) is 0 Å². The lowest BCUT2D eigenvalue weighted by molar-refractivity contribution is 0.103. The first-order valence-electron chi connectivity index (χ1n) is 5.76. The number of nitrogens with two attached hydrogens (primary N) is 1. The Morgan fingerprint density at radius 2 is 1.68 bits per heavy atom. The van der Waals surface area contributed by atoms with Crippen molar-refractivity contribution in [1.82, 2.24) is 0 Å². The first kappa shape index (κ1) is 13.2. The second-order valence-electron chi connectivity index (χ2n) is 4.48. The number of hydrogen-bond donors (Lipinski definition) is 1. The van der Waals surface area contributed by atoms with E-state index in [2.05, 4.69) is 0 Å². The highest BCUT2D eigenvalue weighted by Crippen LogP contribution is 2.22. The molecule has 0 unspecified atom stereocenters. The third-order valence-electron chi connectivity index (χ3n) is 3.03. The second-order valence-corrected chi connectivity index (χ2v) is 4.48. The van der Waals surface area contributed by atoms with E-state index < -0.39 is 17.4 Å². The summed E-state index contributed by atoms with van der Waals surface area (Å²) in [5.41, 5.74) is 7.96. The lowest BCUT2D eigenvalue weighted by Crippen LogP contribution is -2.08. The fourth-order valence-electron chi connectivity index (χ4n) is 1.93. The molecule has 0 radical (unpaired) electrons. The molecular formula is C15H13F2NO. The Balaban J connectivity index is 2.53. The quantitative estimate of drug-likeness (QED) is 0.665. The van der Waals surface area contributed by atoms with Gasteiger partial charge >= 0.3 is 0 Å². The molecule has 0 bridgehead atoms. The van der Waals surface area contributed by atoms with Crippen LogP contribution in [0.5, 0.6) is 0 Å². The molecule has 0 aliphatic rings. The standard InChI is InChI=1S/C15H13F2NO/c1-8-5-9(2)14(18)7-12(8)15(19)11-4-3-10(16)6-13(11)17/h3-7H,18H2,1-2H3. The monoisotopic (exact) mass is 261 g/mol. The van der Waals surface area contributed by atoms with Crippen LogP contribution < -0.4 is 5.73 Å². The summed E-state index contributed by atoms with van der Waals surface area (Å²) in [7, 11) is 0. The van der Waals surface area contributed by atoms with Crippen LogP contribution in [0.3, 0.4) is 0 Å². The average Bonchev–Trinajstić information content (AvgIpc) is 2.33. The van der Waals surface area contributed by atoms with E-state index in [0.717, 1.165) is 17.7 Å². The highest BCUT2D eigenvalue weighted by atomic mass is 19.1. The zero-order valence-corrected chi connectivity index (χ0v) is 10.6. The molecule has 98 valence electrons. The number of anilines is 1. The fourth-order valence-corrected chi connectivity index (χ4v) is 1.93. The summed E-state index contributed by atoms with van der Waals surface area (Å²) in [6, 6.07) is 6.19. The van der Waals surface area contributed by atoms with Crippen LogP contribution in [0.4, 0.5) is 14.5 Å². The third kappa shape index (κ3) is 2.47. The molecule has 0 spiro atoms. The molecule has 0 fully saturated rings. The van der Waals surface area contributed by atoms with Gasteiger partial charge in [0.1, 0.15) is 11.6 Å². The van der Waals surface area contributed by atoms with Gasteiger partial charge in [0, 0.05) is 17.3 Å². The number of carbonyl (C=O) groups excluding carboxylic acids is 1. The van der Waals surface area contributed by atoms with Crippen molar-refractivity contribution in [2.24, 2.45) is 0 Å². The molecule has 2 aromatic carbocycles. The number of aryl methyl sites for hydroxylation is 2. The van der Waals surface area contributed by atoms with Crippen molar-refractivity contribution in [3.05, 3.63) is 64.2 Å². The first-order chi connectivity index (χ1) is 8.90. The SMILES string of the molecule is Cc1cc(C)c(C(=O)c2ccc(F)cc2F)cc1N. The van der Waals surface area contributed by atoms with Gasteiger partial charge in [0.15, 0.2) is 5.78 Å². The van der Waals surface area contributed by atoms with Gasteiger partial charge in [-0.05, 0) is 43.2 Å². The highest BCUT2D eigenvalue weighted by molar-refractivity contribution is 6.10. The molecular weight excluding hydrogens is 248 g/mol. The smallest absolute Gasteiger partial charge is 0.196 e. The zero-order chi connectivity index (χ0) is 14.2. The van der Waals surface area contributed by atoms with E-state index in [-0.39, 0.29) is 5.56 Å². The second kappa shape index (κ2) is 4.80. The van der Waals surface area contributed by atoms with E-state index in [0.29, 0.717) is 22.9 Å². The van der Waals surface area contributed by atoms with Gasteiger partial charge in [0.25, 0.3) is 0 Å². The Kier molecular flexibility index (Phi) is 3.34. The number of carbonyl (C=O) groups is 1. The Morgan fingerprint density at radius 3 is 2.32 bits per heavy atom. The van der Waals surface area contributed by atoms with Crippen LogP contribution in [0.25, 0.3) is 0 Å². The van der Waals surface area contributed by atoms with Crippen LogP contribution in [-0.4, -0.2) is 5.78 Å². The Hall–Kier alpha value is -2.23. The van der Waals surface area contributed by atoms with Gasteiger partial charge in [-0.1, -0.05) is 6.07 Å². The fraction of sp³-hybridized carbons (Fsp3) is 0.133. The minimum absolute atomic E-state index is 0.159. The molecule has 2 nitrogen and oxygen atoms in total. The van der Waals surface area contributed by atoms with Gasteiger partial charge in [-0.2, -0.15) is 0 Å². The molecule has 19 heavy (non-hydrogen) atoms. The van der Waals surface area contributed by atoms with Crippen LogP contribution >= 0.6 is 0 Å². The minimum Gasteiger partial charge on any atom is -0.398 e. The van der Waals surface area contributed by atoms with Gasteiger partial charge in [-0.15, -0.1) is 0 Å². The van der Waals surface area contributed by atoms with Crippen molar-refractivity contribution in [3.63, 3.8) is 0 Å². The van der Waals surface area contributed by atoms with Crippen LogP contribution in [0.15, 0.2) is 30.3 Å². The van der Waals surface area contributed by atoms with Gasteiger partial charge < -0.3 is 5.73 Å². The molecule has 0 amide bonds. The largest absolute Gasteiger partial charge is 0.398 e. The Bertz CT molecular complexity index is 665.